The van der Waals surface area contributed by atoms with Gasteiger partial charge in [0.25, 0.3) is 0 Å². The fraction of sp³-hybridized carbons (Fsp3) is 1.00. The van der Waals surface area contributed by atoms with Crippen molar-refractivity contribution in [1.29, 1.82) is 0 Å². The Bertz CT molecular complexity index is 79.4. The molecule has 0 aliphatic carbocycles. The van der Waals surface area contributed by atoms with E-state index in [2.05, 4.69) is 5.09 Å². The molecule has 0 amide bonds. The molecule has 1 fully saturated rings. The van der Waals surface area contributed by atoms with E-state index in [-0.39, 0.29) is 0 Å². The van der Waals surface area contributed by atoms with Gasteiger partial charge in [-0.2, -0.15) is 0 Å². The summed E-state index contributed by atoms with van der Waals surface area (Å²) in [6.07, 6.45) is 0.937. The quantitative estimate of drug-likeness (QED) is 0.389. The maximum absolute atomic E-state index is 8.96. The molecule has 0 aromatic rings. The van der Waals surface area contributed by atoms with Gasteiger partial charge in [-0.3, -0.25) is 0 Å². The minimum absolute atomic E-state index is 0.590. The Morgan fingerprint density at radius 3 is 2.75 bits per heavy atom. The van der Waals surface area contributed by atoms with Crippen molar-refractivity contribution >= 4 is 8.02 Å². The van der Waals surface area contributed by atoms with Crippen molar-refractivity contribution in [3.8, 4) is 0 Å². The normalized spacial score (nSPS) is 31.8. The zero-order valence-electron chi connectivity index (χ0n) is 4.55. The maximum atomic E-state index is 8.96. The monoisotopic (exact) mass is 138 g/mol. The van der Waals surface area contributed by atoms with Crippen molar-refractivity contribution < 1.29 is 9.42 Å². The first-order chi connectivity index (χ1) is 3.71. The van der Waals surface area contributed by atoms with Gasteiger partial charge >= 0.3 is 47.6 Å². The van der Waals surface area contributed by atoms with Crippen LogP contribution in [0, 0.1) is 0 Å². The van der Waals surface area contributed by atoms with Gasteiger partial charge in [0.15, 0.2) is 0 Å². The van der Waals surface area contributed by atoms with E-state index in [9.17, 15) is 0 Å². The molecular formula is C3H11N2O2P. The molecule has 50 valence electrons. The summed E-state index contributed by atoms with van der Waals surface area (Å²) in [5.41, 5.74) is 5.24. The molecule has 0 saturated carbocycles. The third-order valence-corrected chi connectivity index (χ3v) is 2.42. The molecule has 0 unspecified atom stereocenters. The van der Waals surface area contributed by atoms with Crippen LogP contribution in [0.25, 0.3) is 0 Å². The third kappa shape index (κ3) is 1.65. The van der Waals surface area contributed by atoms with E-state index in [4.69, 9.17) is 14.9 Å². The first-order valence-electron chi connectivity index (χ1n) is 2.61. The summed E-state index contributed by atoms with van der Waals surface area (Å²) < 4.78 is 4.83. The zero-order chi connectivity index (χ0) is 6.04. The van der Waals surface area contributed by atoms with E-state index in [1.165, 1.54) is 0 Å². The van der Waals surface area contributed by atoms with Gasteiger partial charge in [0.05, 0.1) is 0 Å². The zero-order valence-corrected chi connectivity index (χ0v) is 5.55. The molecule has 0 spiro atoms. The molecule has 0 radical (unpaired) electrons. The van der Waals surface area contributed by atoms with Gasteiger partial charge in [-0.15, -0.1) is 0 Å². The first kappa shape index (κ1) is 6.39. The van der Waals surface area contributed by atoms with E-state index in [1.54, 1.807) is 0 Å². The molecule has 4 N–H and O–H groups in total. The predicted molar refractivity (Wildman–Crippen MR) is 33.3 cm³/mol. The van der Waals surface area contributed by atoms with Crippen molar-refractivity contribution in [3.05, 3.63) is 0 Å². The predicted octanol–water partition coefficient (Wildman–Crippen LogP) is -0.643. The molecule has 0 aromatic carbocycles. The Labute approximate surface area is 48.6 Å². The summed E-state index contributed by atoms with van der Waals surface area (Å²) >= 11 is 0. The summed E-state index contributed by atoms with van der Waals surface area (Å²) in [7, 11) is -2.84. The summed E-state index contributed by atoms with van der Waals surface area (Å²) in [5.74, 6) is 0. The van der Waals surface area contributed by atoms with Gasteiger partial charge in [0, 0.05) is 0 Å². The fourth-order valence-corrected chi connectivity index (χ4v) is 1.71. The molecule has 5 heteroatoms. The van der Waals surface area contributed by atoms with Crippen molar-refractivity contribution in [1.82, 2.24) is 5.09 Å². The van der Waals surface area contributed by atoms with Gasteiger partial charge in [0.1, 0.15) is 0 Å². The van der Waals surface area contributed by atoms with E-state index in [0.29, 0.717) is 6.61 Å². The minimum atomic E-state index is -2.84. The standard InChI is InChI=1S/C3H11N2O2P/c4-8(6)5-2-1-3-7-8/h5-6,8H,1-4H2. The summed E-state index contributed by atoms with van der Waals surface area (Å²) in [5, 5.41) is 2.71. The van der Waals surface area contributed by atoms with Gasteiger partial charge < -0.3 is 0 Å². The molecule has 1 aliphatic heterocycles. The Kier molecular flexibility index (Phi) is 1.80. The van der Waals surface area contributed by atoms with Gasteiger partial charge in [-0.05, 0) is 0 Å². The number of nitrogens with one attached hydrogen (secondary N) is 1. The van der Waals surface area contributed by atoms with E-state index >= 15 is 0 Å². The summed E-state index contributed by atoms with van der Waals surface area (Å²) in [6.45, 7) is 1.37. The van der Waals surface area contributed by atoms with Crippen molar-refractivity contribution in [2.75, 3.05) is 13.2 Å². The molecule has 1 saturated heterocycles. The van der Waals surface area contributed by atoms with Crippen LogP contribution in [0.3, 0.4) is 0 Å². The number of nitrogens with two attached hydrogens (primary N) is 1. The molecule has 0 bridgehead atoms. The number of hydrogen-bond acceptors (Lipinski definition) is 4. The number of rotatable bonds is 0. The second-order valence-electron chi connectivity index (χ2n) is 1.83. The molecule has 1 aliphatic rings. The molecule has 1 heterocycles. The second-order valence-corrected chi connectivity index (χ2v) is 3.86. The molecule has 8 heavy (non-hydrogen) atoms. The van der Waals surface area contributed by atoms with Crippen molar-refractivity contribution in [2.45, 2.75) is 6.42 Å². The summed E-state index contributed by atoms with van der Waals surface area (Å²) in [4.78, 5) is 8.96. The van der Waals surface area contributed by atoms with Gasteiger partial charge in [0.2, 0.25) is 0 Å². The molecular weight excluding hydrogens is 127 g/mol. The van der Waals surface area contributed by atoms with E-state index in [1.807, 2.05) is 0 Å². The Balaban J connectivity index is 2.33. The van der Waals surface area contributed by atoms with Crippen molar-refractivity contribution in [2.24, 2.45) is 5.50 Å². The van der Waals surface area contributed by atoms with Crippen LogP contribution in [-0.4, -0.2) is 18.0 Å². The van der Waals surface area contributed by atoms with Crippen molar-refractivity contribution in [3.63, 3.8) is 0 Å². The first-order valence-corrected chi connectivity index (χ1v) is 4.54. The van der Waals surface area contributed by atoms with Crippen LogP contribution in [0.2, 0.25) is 0 Å². The molecule has 4 nitrogen and oxygen atoms in total. The van der Waals surface area contributed by atoms with Gasteiger partial charge in [-0.25, -0.2) is 0 Å². The van der Waals surface area contributed by atoms with E-state index < -0.39 is 8.02 Å². The Hall–Kier alpha value is 0.270. The van der Waals surface area contributed by atoms with Crippen LogP contribution in [0.4, 0.5) is 0 Å². The van der Waals surface area contributed by atoms with Gasteiger partial charge in [-0.1, -0.05) is 0 Å². The average molecular weight is 138 g/mol. The Morgan fingerprint density at radius 2 is 2.50 bits per heavy atom. The van der Waals surface area contributed by atoms with E-state index in [0.717, 1.165) is 13.0 Å². The molecule has 1 rings (SSSR count). The molecule has 0 atom stereocenters. The third-order valence-electron chi connectivity index (χ3n) is 1.02. The SMILES string of the molecule is N[PH]1(O)NCCCO1. The average Bonchev–Trinajstić information content (AvgIpc) is 1.65. The van der Waals surface area contributed by atoms with Crippen LogP contribution < -0.4 is 10.6 Å². The number of hydrogen-bond donors (Lipinski definition) is 3. The second kappa shape index (κ2) is 2.25. The molecule has 0 aromatic heterocycles. The topological polar surface area (TPSA) is 67.5 Å². The van der Waals surface area contributed by atoms with Crippen LogP contribution in [0.5, 0.6) is 0 Å². The van der Waals surface area contributed by atoms with Crippen LogP contribution in [0.15, 0.2) is 0 Å². The Morgan fingerprint density at radius 1 is 1.75 bits per heavy atom. The fourth-order valence-electron chi connectivity index (χ4n) is 0.618. The van der Waals surface area contributed by atoms with Crippen LogP contribution >= 0.6 is 8.02 Å². The van der Waals surface area contributed by atoms with Crippen LogP contribution in [-0.2, 0) is 4.52 Å². The van der Waals surface area contributed by atoms with Crippen LogP contribution in [0.1, 0.15) is 6.42 Å². The summed E-state index contributed by atoms with van der Waals surface area (Å²) in [6, 6.07) is 0.